The Morgan fingerprint density at radius 2 is 1.75 bits per heavy atom. The summed E-state index contributed by atoms with van der Waals surface area (Å²) in [5.74, 6) is -1.79. The van der Waals surface area contributed by atoms with Gasteiger partial charge in [0.1, 0.15) is 5.82 Å². The predicted molar refractivity (Wildman–Crippen MR) is 103 cm³/mol. The average Bonchev–Trinajstić information content (AvgIpc) is 2.72. The third-order valence-corrected chi connectivity index (χ3v) is 4.00. The van der Waals surface area contributed by atoms with Gasteiger partial charge < -0.3 is 0 Å². The Hall–Kier alpha value is -3.81. The zero-order valence-electron chi connectivity index (χ0n) is 15.0. The summed E-state index contributed by atoms with van der Waals surface area (Å²) in [6.45, 7) is 2.03. The molecule has 0 bridgehead atoms. The van der Waals surface area contributed by atoms with E-state index in [4.69, 9.17) is 0 Å². The van der Waals surface area contributed by atoms with Gasteiger partial charge in [-0.25, -0.2) is 9.07 Å². The Morgan fingerprint density at radius 3 is 2.46 bits per heavy atom. The minimum absolute atomic E-state index is 0.00966. The SMILES string of the molecule is CCn1nc(C(=O)NNC(=O)/C=C/c2ccccc2F)c2ccccc2c1=O. The second-order valence-corrected chi connectivity index (χ2v) is 5.81. The molecule has 0 spiro atoms. The molecule has 7 nitrogen and oxygen atoms in total. The summed E-state index contributed by atoms with van der Waals surface area (Å²) in [6, 6.07) is 12.6. The highest BCUT2D eigenvalue weighted by Crippen LogP contribution is 2.13. The number of hydrazine groups is 1. The van der Waals surface area contributed by atoms with Gasteiger partial charge >= 0.3 is 0 Å². The molecule has 2 amide bonds. The lowest BCUT2D eigenvalue weighted by Gasteiger charge is -2.10. The zero-order chi connectivity index (χ0) is 20.1. The van der Waals surface area contributed by atoms with Gasteiger partial charge in [-0.05, 0) is 25.1 Å². The van der Waals surface area contributed by atoms with E-state index in [0.29, 0.717) is 17.3 Å². The first-order valence-corrected chi connectivity index (χ1v) is 8.54. The minimum atomic E-state index is -0.675. The molecule has 1 heterocycles. The first kappa shape index (κ1) is 19.0. The van der Waals surface area contributed by atoms with Gasteiger partial charge in [0, 0.05) is 23.6 Å². The van der Waals surface area contributed by atoms with Gasteiger partial charge in [0.2, 0.25) is 0 Å². The minimum Gasteiger partial charge on any atom is -0.268 e. The zero-order valence-corrected chi connectivity index (χ0v) is 15.0. The Labute approximate surface area is 159 Å². The maximum Gasteiger partial charge on any atom is 0.290 e. The van der Waals surface area contributed by atoms with Crippen LogP contribution < -0.4 is 16.4 Å². The normalized spacial score (nSPS) is 10.9. The van der Waals surface area contributed by atoms with E-state index in [1.165, 1.54) is 22.9 Å². The van der Waals surface area contributed by atoms with Crippen molar-refractivity contribution in [2.24, 2.45) is 0 Å². The van der Waals surface area contributed by atoms with E-state index in [-0.39, 0.29) is 16.8 Å². The highest BCUT2D eigenvalue weighted by Gasteiger charge is 2.16. The molecule has 0 saturated carbocycles. The van der Waals surface area contributed by atoms with Crippen LogP contribution in [0.2, 0.25) is 0 Å². The van der Waals surface area contributed by atoms with E-state index in [1.54, 1.807) is 43.3 Å². The number of halogens is 1. The maximum absolute atomic E-state index is 13.5. The molecule has 142 valence electrons. The Balaban J connectivity index is 1.77. The van der Waals surface area contributed by atoms with Gasteiger partial charge in [-0.15, -0.1) is 0 Å². The second-order valence-electron chi connectivity index (χ2n) is 5.81. The molecule has 0 radical (unpaired) electrons. The molecule has 3 aromatic rings. The molecule has 0 atom stereocenters. The standard InChI is InChI=1S/C20H17FN4O3/c1-2-25-20(28)15-9-5-4-8-14(15)18(24-25)19(27)23-22-17(26)12-11-13-7-3-6-10-16(13)21/h3-12H,2H2,1H3,(H,22,26)(H,23,27)/b12-11+. The third-order valence-electron chi connectivity index (χ3n) is 4.00. The molecule has 2 N–H and O–H groups in total. The summed E-state index contributed by atoms with van der Waals surface area (Å²) in [5.41, 5.74) is 4.42. The lowest BCUT2D eigenvalue weighted by Crippen LogP contribution is -2.42. The van der Waals surface area contributed by atoms with Crippen molar-refractivity contribution in [3.8, 4) is 0 Å². The molecule has 2 aromatic carbocycles. The molecular formula is C20H17FN4O3. The van der Waals surface area contributed by atoms with Crippen LogP contribution in [0.15, 0.2) is 59.4 Å². The number of hydrogen-bond acceptors (Lipinski definition) is 4. The highest BCUT2D eigenvalue weighted by molar-refractivity contribution is 6.05. The lowest BCUT2D eigenvalue weighted by molar-refractivity contribution is -0.117. The molecule has 8 heteroatoms. The predicted octanol–water partition coefficient (Wildman–Crippen LogP) is 2.03. The van der Waals surface area contributed by atoms with Crippen molar-refractivity contribution in [3.05, 3.63) is 82.0 Å². The second kappa shape index (κ2) is 8.26. The molecule has 0 unspecified atom stereocenters. The summed E-state index contributed by atoms with van der Waals surface area (Å²) in [6.07, 6.45) is 2.39. The van der Waals surface area contributed by atoms with E-state index < -0.39 is 17.6 Å². The number of aromatic nitrogens is 2. The first-order chi connectivity index (χ1) is 13.5. The molecular weight excluding hydrogens is 363 g/mol. The van der Waals surface area contributed by atoms with Crippen molar-refractivity contribution in [1.29, 1.82) is 0 Å². The number of carbonyl (C=O) groups is 2. The van der Waals surface area contributed by atoms with Gasteiger partial charge in [0.25, 0.3) is 17.4 Å². The average molecular weight is 380 g/mol. The van der Waals surface area contributed by atoms with Crippen molar-refractivity contribution >= 4 is 28.7 Å². The molecule has 0 aliphatic rings. The topological polar surface area (TPSA) is 93.1 Å². The number of benzene rings is 2. The molecule has 0 aliphatic carbocycles. The quantitative estimate of drug-likeness (QED) is 0.535. The number of aryl methyl sites for hydroxylation is 1. The van der Waals surface area contributed by atoms with E-state index >= 15 is 0 Å². The molecule has 0 saturated heterocycles. The van der Waals surface area contributed by atoms with Crippen LogP contribution in [0.1, 0.15) is 23.0 Å². The van der Waals surface area contributed by atoms with Crippen LogP contribution >= 0.6 is 0 Å². The fourth-order valence-corrected chi connectivity index (χ4v) is 2.61. The van der Waals surface area contributed by atoms with Gasteiger partial charge in [-0.2, -0.15) is 5.10 Å². The number of amides is 2. The third kappa shape index (κ3) is 3.96. The van der Waals surface area contributed by atoms with Crippen molar-refractivity contribution in [3.63, 3.8) is 0 Å². The summed E-state index contributed by atoms with van der Waals surface area (Å²) < 4.78 is 14.7. The molecule has 28 heavy (non-hydrogen) atoms. The maximum atomic E-state index is 13.5. The Bertz CT molecular complexity index is 1140. The van der Waals surface area contributed by atoms with Gasteiger partial charge in [-0.1, -0.05) is 36.4 Å². The monoisotopic (exact) mass is 380 g/mol. The van der Waals surface area contributed by atoms with Gasteiger partial charge in [-0.3, -0.25) is 25.2 Å². The molecule has 1 aromatic heterocycles. The van der Waals surface area contributed by atoms with E-state index in [9.17, 15) is 18.8 Å². The van der Waals surface area contributed by atoms with Crippen molar-refractivity contribution in [1.82, 2.24) is 20.6 Å². The lowest BCUT2D eigenvalue weighted by atomic mass is 10.1. The molecule has 0 fully saturated rings. The van der Waals surface area contributed by atoms with Crippen molar-refractivity contribution < 1.29 is 14.0 Å². The largest absolute Gasteiger partial charge is 0.290 e. The first-order valence-electron chi connectivity index (χ1n) is 8.54. The van der Waals surface area contributed by atoms with Gasteiger partial charge in [0.05, 0.1) is 5.39 Å². The fraction of sp³-hybridized carbons (Fsp3) is 0.100. The van der Waals surface area contributed by atoms with E-state index in [2.05, 4.69) is 16.0 Å². The number of carbonyl (C=O) groups excluding carboxylic acids is 2. The van der Waals surface area contributed by atoms with Crippen LogP contribution in [0, 0.1) is 5.82 Å². The van der Waals surface area contributed by atoms with E-state index in [1.807, 2.05) is 0 Å². The molecule has 3 rings (SSSR count). The number of rotatable bonds is 4. The summed E-state index contributed by atoms with van der Waals surface area (Å²) >= 11 is 0. The summed E-state index contributed by atoms with van der Waals surface area (Å²) in [4.78, 5) is 36.7. The Kier molecular flexibility index (Phi) is 5.59. The van der Waals surface area contributed by atoms with Crippen LogP contribution in [0.3, 0.4) is 0 Å². The van der Waals surface area contributed by atoms with Crippen LogP contribution in [0.5, 0.6) is 0 Å². The van der Waals surface area contributed by atoms with E-state index in [0.717, 1.165) is 6.08 Å². The number of nitrogens with zero attached hydrogens (tertiary/aromatic N) is 2. The van der Waals surface area contributed by atoms with Crippen LogP contribution in [0.25, 0.3) is 16.8 Å². The summed E-state index contributed by atoms with van der Waals surface area (Å²) in [7, 11) is 0. The van der Waals surface area contributed by atoms with Crippen LogP contribution in [-0.4, -0.2) is 21.6 Å². The number of nitrogens with one attached hydrogen (secondary N) is 2. The van der Waals surface area contributed by atoms with Crippen molar-refractivity contribution in [2.45, 2.75) is 13.5 Å². The fourth-order valence-electron chi connectivity index (χ4n) is 2.61. The highest BCUT2D eigenvalue weighted by atomic mass is 19.1. The molecule has 0 aliphatic heterocycles. The Morgan fingerprint density at radius 1 is 1.07 bits per heavy atom. The van der Waals surface area contributed by atoms with Crippen molar-refractivity contribution in [2.75, 3.05) is 0 Å². The van der Waals surface area contributed by atoms with Crippen LogP contribution in [0.4, 0.5) is 4.39 Å². The van der Waals surface area contributed by atoms with Gasteiger partial charge in [0.15, 0.2) is 5.69 Å². The number of hydrogen-bond donors (Lipinski definition) is 2. The summed E-state index contributed by atoms with van der Waals surface area (Å²) in [5, 5.41) is 4.81. The number of fused-ring (bicyclic) bond motifs is 1. The smallest absolute Gasteiger partial charge is 0.268 e. The van der Waals surface area contributed by atoms with Crippen LogP contribution in [-0.2, 0) is 11.3 Å².